The molecule has 0 unspecified atom stereocenters. The molecule has 0 radical (unpaired) electrons. The van der Waals surface area contributed by atoms with Gasteiger partial charge in [-0.3, -0.25) is 14.3 Å². The second-order valence-corrected chi connectivity index (χ2v) is 7.67. The van der Waals surface area contributed by atoms with E-state index in [1.165, 1.54) is 10.1 Å². The van der Waals surface area contributed by atoms with E-state index in [-0.39, 0.29) is 17.8 Å². The van der Waals surface area contributed by atoms with E-state index in [1.807, 2.05) is 30.3 Å². The molecule has 1 aliphatic heterocycles. The van der Waals surface area contributed by atoms with E-state index in [0.717, 1.165) is 29.9 Å². The Bertz CT molecular complexity index is 1100. The number of halogens is 1. The summed E-state index contributed by atoms with van der Waals surface area (Å²) < 4.78 is 2.96. The summed E-state index contributed by atoms with van der Waals surface area (Å²) in [5.41, 5.74) is 3.21. The normalized spacial score (nSPS) is 14.1. The van der Waals surface area contributed by atoms with Crippen molar-refractivity contribution < 1.29 is 0 Å². The van der Waals surface area contributed by atoms with Gasteiger partial charge in [-0.2, -0.15) is 0 Å². The first-order valence-corrected chi connectivity index (χ1v) is 9.73. The molecule has 1 aromatic heterocycles. The molecule has 5 nitrogen and oxygen atoms in total. The third-order valence-corrected chi connectivity index (χ3v) is 5.58. The van der Waals surface area contributed by atoms with Crippen LogP contribution in [0.3, 0.4) is 0 Å². The minimum atomic E-state index is -0.268. The highest BCUT2D eigenvalue weighted by molar-refractivity contribution is 6.30. The van der Waals surface area contributed by atoms with Gasteiger partial charge in [0.2, 0.25) is 0 Å². The standard InChI is InChI=1S/C22H22ClN3O2/c1-24-20-11-12-25(13-16-5-3-2-4-6-16)15-19(20)21(27)26(22(24)28)14-17-7-9-18(23)10-8-17/h2-10H,11-15H2,1H3. The van der Waals surface area contributed by atoms with E-state index in [4.69, 9.17) is 11.6 Å². The lowest BCUT2D eigenvalue weighted by atomic mass is 10.1. The van der Waals surface area contributed by atoms with Crippen molar-refractivity contribution in [3.8, 4) is 0 Å². The Morgan fingerprint density at radius 1 is 0.929 bits per heavy atom. The van der Waals surface area contributed by atoms with Crippen LogP contribution in [-0.2, 0) is 33.1 Å². The summed E-state index contributed by atoms with van der Waals surface area (Å²) in [5, 5.41) is 0.631. The second-order valence-electron chi connectivity index (χ2n) is 7.23. The van der Waals surface area contributed by atoms with Gasteiger partial charge in [0.05, 0.1) is 12.1 Å². The highest BCUT2D eigenvalue weighted by atomic mass is 35.5. The first-order chi connectivity index (χ1) is 13.5. The van der Waals surface area contributed by atoms with Gasteiger partial charge < -0.3 is 4.57 Å². The lowest BCUT2D eigenvalue weighted by Gasteiger charge is -2.29. The van der Waals surface area contributed by atoms with Gasteiger partial charge in [-0.25, -0.2) is 4.79 Å². The van der Waals surface area contributed by atoms with Crippen molar-refractivity contribution in [3.05, 3.63) is 103 Å². The van der Waals surface area contributed by atoms with Gasteiger partial charge in [0.25, 0.3) is 5.56 Å². The summed E-state index contributed by atoms with van der Waals surface area (Å²) in [6.07, 6.45) is 0.699. The summed E-state index contributed by atoms with van der Waals surface area (Å²) in [6, 6.07) is 17.5. The van der Waals surface area contributed by atoms with Gasteiger partial charge in [-0.05, 0) is 23.3 Å². The minimum Gasteiger partial charge on any atom is -0.300 e. The van der Waals surface area contributed by atoms with Crippen molar-refractivity contribution in [1.82, 2.24) is 14.0 Å². The molecule has 0 spiro atoms. The molecule has 28 heavy (non-hydrogen) atoms. The minimum absolute atomic E-state index is 0.189. The van der Waals surface area contributed by atoms with Crippen LogP contribution in [0, 0.1) is 0 Å². The fraction of sp³-hybridized carbons (Fsp3) is 0.273. The maximum absolute atomic E-state index is 13.2. The van der Waals surface area contributed by atoms with E-state index in [9.17, 15) is 9.59 Å². The van der Waals surface area contributed by atoms with Crippen LogP contribution in [0.25, 0.3) is 0 Å². The first-order valence-electron chi connectivity index (χ1n) is 9.35. The number of fused-ring (bicyclic) bond motifs is 1. The molecule has 4 rings (SSSR count). The lowest BCUT2D eigenvalue weighted by molar-refractivity contribution is 0.237. The Labute approximate surface area is 168 Å². The van der Waals surface area contributed by atoms with Gasteiger partial charge in [-0.1, -0.05) is 54.1 Å². The lowest BCUT2D eigenvalue weighted by Crippen LogP contribution is -2.47. The summed E-state index contributed by atoms with van der Waals surface area (Å²) >= 11 is 5.94. The molecule has 0 atom stereocenters. The largest absolute Gasteiger partial charge is 0.331 e. The molecule has 0 amide bonds. The fourth-order valence-electron chi connectivity index (χ4n) is 3.80. The summed E-state index contributed by atoms with van der Waals surface area (Å²) in [4.78, 5) is 28.2. The SMILES string of the molecule is Cn1c2c(c(=O)n(Cc3ccc(Cl)cc3)c1=O)CN(Cc1ccccc1)CC2. The smallest absolute Gasteiger partial charge is 0.300 e. The molecule has 1 aliphatic rings. The topological polar surface area (TPSA) is 47.2 Å². The number of rotatable bonds is 4. The van der Waals surface area contributed by atoms with Gasteiger partial charge in [0.15, 0.2) is 0 Å². The first kappa shape index (κ1) is 18.7. The van der Waals surface area contributed by atoms with Crippen LogP contribution in [0.4, 0.5) is 0 Å². The van der Waals surface area contributed by atoms with Crippen molar-refractivity contribution >= 4 is 11.6 Å². The quantitative estimate of drug-likeness (QED) is 0.682. The number of nitrogens with zero attached hydrogens (tertiary/aromatic N) is 3. The van der Waals surface area contributed by atoms with Crippen LogP contribution in [0.1, 0.15) is 22.4 Å². The Morgan fingerprint density at radius 2 is 1.61 bits per heavy atom. The summed E-state index contributed by atoms with van der Waals surface area (Å²) in [5.74, 6) is 0. The second kappa shape index (κ2) is 7.78. The summed E-state index contributed by atoms with van der Waals surface area (Å²) in [7, 11) is 1.76. The monoisotopic (exact) mass is 395 g/mol. The highest BCUT2D eigenvalue weighted by Gasteiger charge is 2.24. The molecule has 6 heteroatoms. The molecule has 0 fully saturated rings. The molecule has 2 heterocycles. The van der Waals surface area contributed by atoms with E-state index >= 15 is 0 Å². The van der Waals surface area contributed by atoms with Gasteiger partial charge in [-0.15, -0.1) is 0 Å². The molecule has 0 saturated heterocycles. The molecular weight excluding hydrogens is 374 g/mol. The van der Waals surface area contributed by atoms with Crippen LogP contribution in [0.15, 0.2) is 64.2 Å². The summed E-state index contributed by atoms with van der Waals surface area (Å²) in [6.45, 7) is 2.42. The molecule has 0 bridgehead atoms. The third-order valence-electron chi connectivity index (χ3n) is 5.32. The van der Waals surface area contributed by atoms with Gasteiger partial charge in [0, 0.05) is 43.8 Å². The van der Waals surface area contributed by atoms with E-state index in [0.29, 0.717) is 18.0 Å². The van der Waals surface area contributed by atoms with Crippen molar-refractivity contribution in [2.45, 2.75) is 26.1 Å². The molecule has 0 aliphatic carbocycles. The van der Waals surface area contributed by atoms with E-state index < -0.39 is 0 Å². The maximum Gasteiger partial charge on any atom is 0.331 e. The highest BCUT2D eigenvalue weighted by Crippen LogP contribution is 2.17. The van der Waals surface area contributed by atoms with E-state index in [1.54, 1.807) is 23.7 Å². The number of benzene rings is 2. The van der Waals surface area contributed by atoms with Gasteiger partial charge in [0.1, 0.15) is 0 Å². The van der Waals surface area contributed by atoms with Crippen molar-refractivity contribution in [1.29, 1.82) is 0 Å². The van der Waals surface area contributed by atoms with Crippen molar-refractivity contribution in [2.75, 3.05) is 6.54 Å². The maximum atomic E-state index is 13.2. The van der Waals surface area contributed by atoms with Crippen LogP contribution in [0.2, 0.25) is 5.02 Å². The average molecular weight is 396 g/mol. The zero-order chi connectivity index (χ0) is 19.7. The van der Waals surface area contributed by atoms with Crippen LogP contribution in [0.5, 0.6) is 0 Å². The molecule has 2 aromatic carbocycles. The predicted octanol–water partition coefficient (Wildman–Crippen LogP) is 2.81. The fourth-order valence-corrected chi connectivity index (χ4v) is 3.93. The zero-order valence-corrected chi connectivity index (χ0v) is 16.5. The number of aromatic nitrogens is 2. The average Bonchev–Trinajstić information content (AvgIpc) is 2.72. The number of hydrogen-bond acceptors (Lipinski definition) is 3. The predicted molar refractivity (Wildman–Crippen MR) is 111 cm³/mol. The molecule has 3 aromatic rings. The molecule has 0 saturated carbocycles. The Kier molecular flexibility index (Phi) is 5.20. The molecule has 0 N–H and O–H groups in total. The molecular formula is C22H22ClN3O2. The Balaban J connectivity index is 1.67. The van der Waals surface area contributed by atoms with Crippen molar-refractivity contribution in [3.63, 3.8) is 0 Å². The Hall–Kier alpha value is -2.63. The van der Waals surface area contributed by atoms with Gasteiger partial charge >= 0.3 is 5.69 Å². The van der Waals surface area contributed by atoms with Crippen LogP contribution < -0.4 is 11.2 Å². The van der Waals surface area contributed by atoms with Crippen LogP contribution in [-0.4, -0.2) is 20.6 Å². The molecule has 144 valence electrons. The van der Waals surface area contributed by atoms with Crippen LogP contribution >= 0.6 is 11.6 Å². The Morgan fingerprint density at radius 3 is 2.32 bits per heavy atom. The van der Waals surface area contributed by atoms with Crippen molar-refractivity contribution in [2.24, 2.45) is 7.05 Å². The zero-order valence-electron chi connectivity index (χ0n) is 15.8. The van der Waals surface area contributed by atoms with E-state index in [2.05, 4.69) is 17.0 Å². The number of hydrogen-bond donors (Lipinski definition) is 0. The third kappa shape index (κ3) is 3.68.